The van der Waals surface area contributed by atoms with Crippen LogP contribution in [0.2, 0.25) is 0 Å². The summed E-state index contributed by atoms with van der Waals surface area (Å²) < 4.78 is 5.09. The van der Waals surface area contributed by atoms with Crippen molar-refractivity contribution >= 4 is 11.7 Å². The highest BCUT2D eigenvalue weighted by atomic mass is 16.5. The van der Waals surface area contributed by atoms with Crippen LogP contribution >= 0.6 is 0 Å². The molecule has 2 rings (SSSR count). The summed E-state index contributed by atoms with van der Waals surface area (Å²) in [7, 11) is 1.50. The van der Waals surface area contributed by atoms with Crippen molar-refractivity contribution in [1.29, 1.82) is 0 Å². The van der Waals surface area contributed by atoms with E-state index in [-0.39, 0.29) is 55.2 Å². The number of hydrogen-bond acceptors (Lipinski definition) is 7. The summed E-state index contributed by atoms with van der Waals surface area (Å²) in [6.45, 7) is 1.24. The van der Waals surface area contributed by atoms with Gasteiger partial charge in [-0.1, -0.05) is 6.92 Å². The lowest BCUT2D eigenvalue weighted by atomic mass is 9.89. The van der Waals surface area contributed by atoms with E-state index in [1.54, 1.807) is 31.2 Å². The smallest absolute Gasteiger partial charge is 0.227 e. The van der Waals surface area contributed by atoms with Crippen molar-refractivity contribution in [2.45, 2.75) is 19.8 Å². The zero-order chi connectivity index (χ0) is 22.3. The fourth-order valence-corrected chi connectivity index (χ4v) is 3.34. The van der Waals surface area contributed by atoms with Gasteiger partial charge >= 0.3 is 0 Å². The third-order valence-electron chi connectivity index (χ3n) is 4.86. The summed E-state index contributed by atoms with van der Waals surface area (Å²) in [6, 6.07) is 7.42. The lowest BCUT2D eigenvalue weighted by Crippen LogP contribution is -2.37. The summed E-state index contributed by atoms with van der Waals surface area (Å²) in [4.78, 5) is 27.2. The van der Waals surface area contributed by atoms with Crippen molar-refractivity contribution in [3.8, 4) is 17.2 Å². The highest BCUT2D eigenvalue weighted by Gasteiger charge is 2.26. The molecule has 0 heterocycles. The van der Waals surface area contributed by atoms with Gasteiger partial charge in [0.15, 0.2) is 5.78 Å². The first-order chi connectivity index (χ1) is 14.4. The van der Waals surface area contributed by atoms with E-state index in [9.17, 15) is 30.0 Å². The number of aliphatic hydroxyl groups is 2. The van der Waals surface area contributed by atoms with E-state index in [4.69, 9.17) is 4.74 Å². The Balaban J connectivity index is 2.54. The van der Waals surface area contributed by atoms with Crippen LogP contribution in [0.5, 0.6) is 17.2 Å². The fraction of sp³-hybridized carbons (Fsp3) is 0.364. The number of amides is 1. The van der Waals surface area contributed by atoms with E-state index < -0.39 is 17.4 Å². The Bertz CT molecular complexity index is 887. The molecule has 0 saturated carbocycles. The number of hydrogen-bond donors (Lipinski definition) is 4. The minimum absolute atomic E-state index is 0.0212. The first-order valence-corrected chi connectivity index (χ1v) is 9.62. The number of rotatable bonds is 10. The lowest BCUT2D eigenvalue weighted by molar-refractivity contribution is -0.131. The minimum Gasteiger partial charge on any atom is -0.508 e. The number of nitrogens with zero attached hydrogens (tertiary/aromatic N) is 1. The Morgan fingerprint density at radius 1 is 0.967 bits per heavy atom. The summed E-state index contributed by atoms with van der Waals surface area (Å²) in [5, 5.41) is 39.1. The van der Waals surface area contributed by atoms with Gasteiger partial charge in [-0.3, -0.25) is 9.59 Å². The SMILES string of the molecule is CCc1c(O)cc(O)c(C(=O)c2ccc(OC)cc2)c1CC(=O)N(CCO)CCO. The monoisotopic (exact) mass is 417 g/mol. The van der Waals surface area contributed by atoms with Gasteiger partial charge in [-0.2, -0.15) is 0 Å². The van der Waals surface area contributed by atoms with Crippen molar-refractivity contribution in [3.63, 3.8) is 0 Å². The van der Waals surface area contributed by atoms with Gasteiger partial charge in [0, 0.05) is 24.7 Å². The van der Waals surface area contributed by atoms with E-state index in [0.29, 0.717) is 17.7 Å². The molecule has 8 heteroatoms. The molecule has 0 radical (unpaired) electrons. The van der Waals surface area contributed by atoms with Gasteiger partial charge in [0.05, 0.1) is 32.3 Å². The topological polar surface area (TPSA) is 128 Å². The maximum Gasteiger partial charge on any atom is 0.227 e. The Hall–Kier alpha value is -3.10. The van der Waals surface area contributed by atoms with Crippen LogP contribution in [0.4, 0.5) is 0 Å². The van der Waals surface area contributed by atoms with E-state index >= 15 is 0 Å². The Morgan fingerprint density at radius 3 is 2.07 bits per heavy atom. The molecule has 0 saturated heterocycles. The fourth-order valence-electron chi connectivity index (χ4n) is 3.34. The Kier molecular flexibility index (Phi) is 8.20. The number of carbonyl (C=O) groups excluding carboxylic acids is 2. The predicted molar refractivity (Wildman–Crippen MR) is 110 cm³/mol. The molecule has 0 unspecified atom stereocenters. The number of ketones is 1. The molecule has 0 aromatic heterocycles. The summed E-state index contributed by atoms with van der Waals surface area (Å²) in [6.07, 6.45) is 0.0555. The van der Waals surface area contributed by atoms with Crippen molar-refractivity contribution < 1.29 is 34.8 Å². The molecule has 0 spiro atoms. The average Bonchev–Trinajstić information content (AvgIpc) is 2.73. The van der Waals surface area contributed by atoms with Crippen molar-refractivity contribution in [2.75, 3.05) is 33.4 Å². The molecule has 8 nitrogen and oxygen atoms in total. The molecule has 30 heavy (non-hydrogen) atoms. The van der Waals surface area contributed by atoms with Gasteiger partial charge in [-0.05, 0) is 41.8 Å². The number of aromatic hydroxyl groups is 2. The highest BCUT2D eigenvalue weighted by Crippen LogP contribution is 2.35. The van der Waals surface area contributed by atoms with E-state index in [1.165, 1.54) is 12.0 Å². The third kappa shape index (κ3) is 5.08. The number of ether oxygens (including phenoxy) is 1. The van der Waals surface area contributed by atoms with Crippen LogP contribution in [0.3, 0.4) is 0 Å². The second kappa shape index (κ2) is 10.6. The van der Waals surface area contributed by atoms with E-state index in [0.717, 1.165) is 6.07 Å². The van der Waals surface area contributed by atoms with Crippen LogP contribution in [0.15, 0.2) is 30.3 Å². The number of methoxy groups -OCH3 is 1. The van der Waals surface area contributed by atoms with E-state index in [2.05, 4.69) is 0 Å². The van der Waals surface area contributed by atoms with Gasteiger partial charge in [0.2, 0.25) is 5.91 Å². The van der Waals surface area contributed by atoms with Crippen LogP contribution in [-0.2, 0) is 17.6 Å². The van der Waals surface area contributed by atoms with E-state index in [1.807, 2.05) is 0 Å². The van der Waals surface area contributed by atoms with Crippen molar-refractivity contribution in [1.82, 2.24) is 4.90 Å². The van der Waals surface area contributed by atoms with Crippen molar-refractivity contribution in [3.05, 3.63) is 52.6 Å². The molecule has 2 aromatic rings. The first-order valence-electron chi connectivity index (χ1n) is 9.62. The standard InChI is InChI=1S/C22H27NO7/c1-3-16-17(12-20(28)23(8-10-24)9-11-25)21(19(27)13-18(16)26)22(29)14-4-6-15(30-2)7-5-14/h4-7,13,24-27H,3,8-12H2,1-2H3. The van der Waals surface area contributed by atoms with Crippen LogP contribution in [0.25, 0.3) is 0 Å². The third-order valence-corrected chi connectivity index (χ3v) is 4.86. The summed E-state index contributed by atoms with van der Waals surface area (Å²) >= 11 is 0. The van der Waals surface area contributed by atoms with Crippen molar-refractivity contribution in [2.24, 2.45) is 0 Å². The van der Waals surface area contributed by atoms with Gasteiger partial charge in [0.25, 0.3) is 0 Å². The summed E-state index contributed by atoms with van der Waals surface area (Å²) in [5.41, 5.74) is 0.832. The maximum atomic E-state index is 13.2. The number of benzene rings is 2. The van der Waals surface area contributed by atoms with Gasteiger partial charge in [-0.15, -0.1) is 0 Å². The maximum absolute atomic E-state index is 13.2. The Labute approximate surface area is 175 Å². The normalized spacial score (nSPS) is 10.7. The molecular formula is C22H27NO7. The number of phenolic OH excluding ortho intramolecular Hbond substituents is 2. The molecule has 0 bridgehead atoms. The molecule has 1 amide bonds. The lowest BCUT2D eigenvalue weighted by Gasteiger charge is -2.23. The molecule has 0 aliphatic rings. The zero-order valence-electron chi connectivity index (χ0n) is 17.1. The minimum atomic E-state index is -0.497. The molecule has 2 aromatic carbocycles. The molecule has 0 aliphatic heterocycles. The number of phenols is 2. The quantitative estimate of drug-likeness (QED) is 0.429. The number of carbonyl (C=O) groups is 2. The number of aliphatic hydroxyl groups excluding tert-OH is 2. The van der Waals surface area contributed by atoms with Crippen LogP contribution in [0.1, 0.15) is 34.0 Å². The molecule has 162 valence electrons. The zero-order valence-corrected chi connectivity index (χ0v) is 17.1. The highest BCUT2D eigenvalue weighted by molar-refractivity contribution is 6.12. The molecule has 4 N–H and O–H groups in total. The summed E-state index contributed by atoms with van der Waals surface area (Å²) in [5.74, 6) is -1.01. The van der Waals surface area contributed by atoms with Crippen LogP contribution in [0, 0.1) is 0 Å². The molecule has 0 fully saturated rings. The van der Waals surface area contributed by atoms with Gasteiger partial charge in [0.1, 0.15) is 17.2 Å². The average molecular weight is 417 g/mol. The van der Waals surface area contributed by atoms with Gasteiger partial charge in [-0.25, -0.2) is 0 Å². The van der Waals surface area contributed by atoms with Crippen LogP contribution in [-0.4, -0.2) is 70.4 Å². The van der Waals surface area contributed by atoms with Gasteiger partial charge < -0.3 is 30.1 Å². The molecular weight excluding hydrogens is 390 g/mol. The first kappa shape index (κ1) is 23.2. The molecule has 0 aliphatic carbocycles. The van der Waals surface area contributed by atoms with Crippen LogP contribution < -0.4 is 4.74 Å². The largest absolute Gasteiger partial charge is 0.508 e. The predicted octanol–water partition coefficient (Wildman–Crippen LogP) is 1.26. The molecule has 0 atom stereocenters. The second-order valence-electron chi connectivity index (χ2n) is 6.66. The Morgan fingerprint density at radius 2 is 1.57 bits per heavy atom. The second-order valence-corrected chi connectivity index (χ2v) is 6.66.